The lowest BCUT2D eigenvalue weighted by Gasteiger charge is -2.16. The molecule has 9 nitrogen and oxygen atoms in total. The minimum absolute atomic E-state index is 0.128. The number of primary amides is 1. The van der Waals surface area contributed by atoms with Crippen molar-refractivity contribution in [2.24, 2.45) is 5.73 Å². The minimum atomic E-state index is -1.11. The molecule has 0 bridgehead atoms. The van der Waals surface area contributed by atoms with Gasteiger partial charge in [-0.25, -0.2) is 9.97 Å². The van der Waals surface area contributed by atoms with E-state index in [0.29, 0.717) is 5.69 Å². The number of amides is 2. The van der Waals surface area contributed by atoms with Crippen LogP contribution in [-0.4, -0.2) is 43.4 Å². The number of aryl methyl sites for hydroxylation is 1. The summed E-state index contributed by atoms with van der Waals surface area (Å²) in [5, 5.41) is 6.81. The zero-order valence-electron chi connectivity index (χ0n) is 15.1. The smallest absolute Gasteiger partial charge is 0.287 e. The Balaban J connectivity index is 1.88. The number of aromatic nitrogens is 4. The Kier molecular flexibility index (Phi) is 5.54. The molecule has 0 fully saturated rings. The van der Waals surface area contributed by atoms with Crippen molar-refractivity contribution in [3.8, 4) is 5.95 Å². The summed E-state index contributed by atoms with van der Waals surface area (Å²) in [5.74, 6) is -2.38. The SMILES string of the molecule is Cc1cc(C(=O)NC(Cc2ccccc2)C(=O)C(N)=O)n(-c2ncccn2)n1. The fourth-order valence-electron chi connectivity index (χ4n) is 2.68. The summed E-state index contributed by atoms with van der Waals surface area (Å²) in [4.78, 5) is 44.7. The van der Waals surface area contributed by atoms with E-state index in [1.807, 2.05) is 6.07 Å². The number of Topliss-reactive ketones (excluding diaryl/α,β-unsaturated/α-hetero) is 1. The highest BCUT2D eigenvalue weighted by molar-refractivity contribution is 6.38. The molecule has 3 rings (SSSR count). The monoisotopic (exact) mass is 378 g/mol. The van der Waals surface area contributed by atoms with E-state index in [0.717, 1.165) is 5.56 Å². The second-order valence-electron chi connectivity index (χ2n) is 6.08. The molecule has 1 aromatic carbocycles. The predicted molar refractivity (Wildman–Crippen MR) is 99.5 cm³/mol. The Morgan fingerprint density at radius 3 is 2.43 bits per heavy atom. The number of carbonyl (C=O) groups excluding carboxylic acids is 3. The Morgan fingerprint density at radius 1 is 1.11 bits per heavy atom. The van der Waals surface area contributed by atoms with Crippen LogP contribution in [-0.2, 0) is 16.0 Å². The molecule has 0 spiro atoms. The zero-order valence-corrected chi connectivity index (χ0v) is 15.1. The first-order valence-corrected chi connectivity index (χ1v) is 8.48. The second kappa shape index (κ2) is 8.21. The number of nitrogens with zero attached hydrogens (tertiary/aromatic N) is 4. The predicted octanol–water partition coefficient (Wildman–Crippen LogP) is 0.366. The fraction of sp³-hybridized carbons (Fsp3) is 0.158. The van der Waals surface area contributed by atoms with Gasteiger partial charge in [0.1, 0.15) is 11.7 Å². The molecule has 0 aliphatic rings. The number of benzene rings is 1. The molecule has 28 heavy (non-hydrogen) atoms. The third kappa shape index (κ3) is 4.26. The average molecular weight is 378 g/mol. The first kappa shape index (κ1) is 18.9. The van der Waals surface area contributed by atoms with Gasteiger partial charge < -0.3 is 11.1 Å². The highest BCUT2D eigenvalue weighted by atomic mass is 16.2. The number of hydrogen-bond acceptors (Lipinski definition) is 6. The molecular formula is C19H18N6O3. The number of ketones is 1. The number of nitrogens with two attached hydrogens (primary N) is 1. The van der Waals surface area contributed by atoms with Gasteiger partial charge in [0.2, 0.25) is 5.78 Å². The van der Waals surface area contributed by atoms with Crippen LogP contribution in [0.3, 0.4) is 0 Å². The Bertz CT molecular complexity index is 1000. The number of hydrogen-bond donors (Lipinski definition) is 2. The van der Waals surface area contributed by atoms with Crippen LogP contribution in [0.25, 0.3) is 5.95 Å². The van der Waals surface area contributed by atoms with Gasteiger partial charge in [-0.1, -0.05) is 30.3 Å². The highest BCUT2D eigenvalue weighted by Crippen LogP contribution is 2.10. The van der Waals surface area contributed by atoms with Crippen molar-refractivity contribution in [3.05, 3.63) is 71.8 Å². The van der Waals surface area contributed by atoms with Crippen molar-refractivity contribution in [1.29, 1.82) is 0 Å². The molecule has 2 amide bonds. The lowest BCUT2D eigenvalue weighted by atomic mass is 10.0. The topological polar surface area (TPSA) is 133 Å². The average Bonchev–Trinajstić information content (AvgIpc) is 3.10. The number of rotatable bonds is 7. The van der Waals surface area contributed by atoms with Crippen LogP contribution < -0.4 is 11.1 Å². The summed E-state index contributed by atoms with van der Waals surface area (Å²) >= 11 is 0. The van der Waals surface area contributed by atoms with Crippen LogP contribution in [0, 0.1) is 6.92 Å². The van der Waals surface area contributed by atoms with Crippen molar-refractivity contribution >= 4 is 17.6 Å². The maximum absolute atomic E-state index is 12.8. The lowest BCUT2D eigenvalue weighted by molar-refractivity contribution is -0.137. The molecular weight excluding hydrogens is 360 g/mol. The molecule has 3 N–H and O–H groups in total. The normalized spacial score (nSPS) is 11.6. The van der Waals surface area contributed by atoms with Gasteiger partial charge in [0.05, 0.1) is 5.69 Å². The molecule has 1 unspecified atom stereocenters. The van der Waals surface area contributed by atoms with Gasteiger partial charge >= 0.3 is 0 Å². The Labute approximate surface area is 160 Å². The Hall–Kier alpha value is -3.88. The number of nitrogens with one attached hydrogen (secondary N) is 1. The van der Waals surface area contributed by atoms with Crippen molar-refractivity contribution in [2.45, 2.75) is 19.4 Å². The van der Waals surface area contributed by atoms with Gasteiger partial charge in [0.25, 0.3) is 17.8 Å². The van der Waals surface area contributed by atoms with Gasteiger partial charge in [-0.3, -0.25) is 14.4 Å². The van der Waals surface area contributed by atoms with Gasteiger partial charge in [-0.2, -0.15) is 9.78 Å². The highest BCUT2D eigenvalue weighted by Gasteiger charge is 2.27. The van der Waals surface area contributed by atoms with Crippen molar-refractivity contribution < 1.29 is 14.4 Å². The van der Waals surface area contributed by atoms with E-state index in [1.54, 1.807) is 43.3 Å². The van der Waals surface area contributed by atoms with Crippen LogP contribution in [0.4, 0.5) is 0 Å². The molecule has 9 heteroatoms. The van der Waals surface area contributed by atoms with E-state index in [4.69, 9.17) is 5.73 Å². The molecule has 2 aromatic heterocycles. The maximum Gasteiger partial charge on any atom is 0.287 e. The molecule has 3 aromatic rings. The third-order valence-electron chi connectivity index (χ3n) is 3.95. The molecule has 0 saturated carbocycles. The van der Waals surface area contributed by atoms with Crippen molar-refractivity contribution in [1.82, 2.24) is 25.1 Å². The van der Waals surface area contributed by atoms with E-state index in [9.17, 15) is 14.4 Å². The van der Waals surface area contributed by atoms with Gasteiger partial charge in [-0.15, -0.1) is 0 Å². The molecule has 1 atom stereocenters. The first-order valence-electron chi connectivity index (χ1n) is 8.48. The third-order valence-corrected chi connectivity index (χ3v) is 3.95. The van der Waals surface area contributed by atoms with Gasteiger partial charge in [-0.05, 0) is 24.6 Å². The standard InChI is InChI=1S/C19H18N6O3/c1-12-10-15(25(24-12)19-21-8-5-9-22-19)18(28)23-14(16(26)17(20)27)11-13-6-3-2-4-7-13/h2-10,14H,11H2,1H3,(H2,20,27)(H,23,28). The van der Waals surface area contributed by atoms with Crippen molar-refractivity contribution in [3.63, 3.8) is 0 Å². The molecule has 142 valence electrons. The largest absolute Gasteiger partial charge is 0.363 e. The van der Waals surface area contributed by atoms with Crippen LogP contribution >= 0.6 is 0 Å². The second-order valence-corrected chi connectivity index (χ2v) is 6.08. The van der Waals surface area contributed by atoms with Crippen LogP contribution in [0.2, 0.25) is 0 Å². The van der Waals surface area contributed by atoms with Gasteiger partial charge in [0.15, 0.2) is 0 Å². The van der Waals surface area contributed by atoms with E-state index in [2.05, 4.69) is 20.4 Å². The molecule has 0 saturated heterocycles. The molecule has 0 aliphatic carbocycles. The van der Waals surface area contributed by atoms with E-state index in [-0.39, 0.29) is 18.1 Å². The van der Waals surface area contributed by atoms with E-state index in [1.165, 1.54) is 17.1 Å². The fourth-order valence-corrected chi connectivity index (χ4v) is 2.68. The van der Waals surface area contributed by atoms with E-state index >= 15 is 0 Å². The summed E-state index contributed by atoms with van der Waals surface area (Å²) in [7, 11) is 0. The quantitative estimate of drug-likeness (QED) is 0.571. The maximum atomic E-state index is 12.8. The first-order chi connectivity index (χ1) is 13.5. The summed E-state index contributed by atoms with van der Waals surface area (Å²) in [5.41, 5.74) is 6.64. The van der Waals surface area contributed by atoms with Crippen LogP contribution in [0.1, 0.15) is 21.7 Å². The minimum Gasteiger partial charge on any atom is -0.363 e. The number of carbonyl (C=O) groups is 3. The summed E-state index contributed by atoms with van der Waals surface area (Å²) in [6, 6.07) is 11.1. The summed E-state index contributed by atoms with van der Waals surface area (Å²) < 4.78 is 1.28. The van der Waals surface area contributed by atoms with Gasteiger partial charge in [0, 0.05) is 18.8 Å². The Morgan fingerprint density at radius 2 is 1.79 bits per heavy atom. The molecule has 2 heterocycles. The van der Waals surface area contributed by atoms with Crippen LogP contribution in [0.15, 0.2) is 54.9 Å². The molecule has 0 aliphatic heterocycles. The van der Waals surface area contributed by atoms with E-state index < -0.39 is 23.6 Å². The zero-order chi connectivity index (χ0) is 20.1. The molecule has 0 radical (unpaired) electrons. The van der Waals surface area contributed by atoms with Crippen LogP contribution in [0.5, 0.6) is 0 Å². The summed E-state index contributed by atoms with van der Waals surface area (Å²) in [6.45, 7) is 1.71. The summed E-state index contributed by atoms with van der Waals surface area (Å²) in [6.07, 6.45) is 3.18. The van der Waals surface area contributed by atoms with Crippen molar-refractivity contribution in [2.75, 3.05) is 0 Å². The lowest BCUT2D eigenvalue weighted by Crippen LogP contribution is -2.47.